The van der Waals surface area contributed by atoms with Crippen LogP contribution in [0.2, 0.25) is 10.0 Å². The second kappa shape index (κ2) is 11.0. The zero-order chi connectivity index (χ0) is 21.2. The first-order valence-corrected chi connectivity index (χ1v) is 9.23. The van der Waals surface area contributed by atoms with Crippen LogP contribution in [0.3, 0.4) is 0 Å². The van der Waals surface area contributed by atoms with Gasteiger partial charge in [0, 0.05) is 12.2 Å². The van der Waals surface area contributed by atoms with Gasteiger partial charge in [-0.05, 0) is 42.8 Å². The van der Waals surface area contributed by atoms with E-state index in [1.54, 1.807) is 43.3 Å². The molecule has 0 unspecified atom stereocenters. The molecule has 0 aliphatic rings. The van der Waals surface area contributed by atoms with Gasteiger partial charge in [-0.15, -0.1) is 0 Å². The summed E-state index contributed by atoms with van der Waals surface area (Å²) < 4.78 is 5.45. The van der Waals surface area contributed by atoms with Crippen LogP contribution in [0.4, 0.5) is 5.69 Å². The third-order valence-corrected chi connectivity index (χ3v) is 4.09. The van der Waals surface area contributed by atoms with E-state index in [0.717, 1.165) is 0 Å². The second-order valence-corrected chi connectivity index (χ2v) is 6.41. The normalized spacial score (nSPS) is 10.4. The Morgan fingerprint density at radius 3 is 2.59 bits per heavy atom. The number of carbonyl (C=O) groups excluding carboxylic acids is 3. The fourth-order valence-corrected chi connectivity index (χ4v) is 2.36. The van der Waals surface area contributed by atoms with E-state index in [-0.39, 0.29) is 12.5 Å². The Kier molecular flexibility index (Phi) is 8.45. The van der Waals surface area contributed by atoms with Crippen LogP contribution in [-0.2, 0) is 14.4 Å². The van der Waals surface area contributed by atoms with Crippen LogP contribution in [-0.4, -0.2) is 37.1 Å². The number of hydrogen-bond donors (Lipinski definition) is 3. The summed E-state index contributed by atoms with van der Waals surface area (Å²) in [5.74, 6) is -1.59. The number of halogens is 2. The van der Waals surface area contributed by atoms with Crippen molar-refractivity contribution in [1.82, 2.24) is 10.7 Å². The van der Waals surface area contributed by atoms with Crippen LogP contribution in [0, 0.1) is 0 Å². The minimum atomic E-state index is -0.866. The Morgan fingerprint density at radius 2 is 1.86 bits per heavy atom. The third-order valence-electron chi connectivity index (χ3n) is 3.35. The predicted molar refractivity (Wildman–Crippen MR) is 111 cm³/mol. The molecule has 10 heteroatoms. The average Bonchev–Trinajstić information content (AvgIpc) is 2.69. The van der Waals surface area contributed by atoms with E-state index in [1.807, 2.05) is 0 Å². The van der Waals surface area contributed by atoms with Gasteiger partial charge in [-0.3, -0.25) is 14.4 Å². The molecular formula is C19H18Cl2N4O4. The van der Waals surface area contributed by atoms with Gasteiger partial charge in [-0.1, -0.05) is 35.3 Å². The number of amides is 3. The Labute approximate surface area is 177 Å². The maximum absolute atomic E-state index is 12.0. The number of nitrogens with zero attached hydrogens (tertiary/aromatic N) is 1. The van der Waals surface area contributed by atoms with Crippen LogP contribution in [0.5, 0.6) is 5.75 Å². The van der Waals surface area contributed by atoms with Crippen molar-refractivity contribution < 1.29 is 19.1 Å². The quantitative estimate of drug-likeness (QED) is 0.352. The summed E-state index contributed by atoms with van der Waals surface area (Å²) in [4.78, 5) is 34.7. The monoisotopic (exact) mass is 436 g/mol. The highest BCUT2D eigenvalue weighted by atomic mass is 35.5. The largest absolute Gasteiger partial charge is 0.484 e. The topological polar surface area (TPSA) is 109 Å². The molecule has 2 aromatic carbocycles. The molecule has 0 aromatic heterocycles. The Hall–Kier alpha value is -3.10. The minimum Gasteiger partial charge on any atom is -0.484 e. The van der Waals surface area contributed by atoms with Crippen molar-refractivity contribution >= 4 is 52.8 Å². The molecular weight excluding hydrogens is 419 g/mol. The van der Waals surface area contributed by atoms with Crippen LogP contribution in [0.25, 0.3) is 0 Å². The van der Waals surface area contributed by atoms with E-state index >= 15 is 0 Å². The summed E-state index contributed by atoms with van der Waals surface area (Å²) >= 11 is 11.7. The number of ether oxygens (including phenoxy) is 1. The van der Waals surface area contributed by atoms with E-state index in [9.17, 15) is 14.4 Å². The Balaban J connectivity index is 1.86. The number of anilines is 1. The lowest BCUT2D eigenvalue weighted by atomic mass is 10.2. The molecule has 0 bridgehead atoms. The lowest BCUT2D eigenvalue weighted by Crippen LogP contribution is -2.37. The summed E-state index contributed by atoms with van der Waals surface area (Å²) in [6, 6.07) is 11.4. The van der Waals surface area contributed by atoms with Gasteiger partial charge in [0.05, 0.1) is 16.3 Å². The Bertz CT molecular complexity index is 934. The van der Waals surface area contributed by atoms with Crippen molar-refractivity contribution in [3.8, 4) is 5.75 Å². The molecule has 0 fully saturated rings. The van der Waals surface area contributed by atoms with Gasteiger partial charge in [-0.2, -0.15) is 5.10 Å². The molecule has 0 saturated carbocycles. The highest BCUT2D eigenvalue weighted by Crippen LogP contribution is 2.25. The van der Waals surface area contributed by atoms with E-state index in [4.69, 9.17) is 27.9 Å². The molecule has 0 aliphatic carbocycles. The third kappa shape index (κ3) is 7.44. The van der Waals surface area contributed by atoms with Crippen LogP contribution in [0.15, 0.2) is 47.6 Å². The average molecular weight is 437 g/mol. The molecule has 3 amide bonds. The molecule has 152 valence electrons. The van der Waals surface area contributed by atoms with Gasteiger partial charge < -0.3 is 15.4 Å². The SMILES string of the molecule is CCNC(=O)C(=O)N/N=C\c1cccc(OCC(=O)Nc2ccc(Cl)c(Cl)c2)c1. The molecule has 8 nitrogen and oxygen atoms in total. The molecule has 0 spiro atoms. The smallest absolute Gasteiger partial charge is 0.329 e. The highest BCUT2D eigenvalue weighted by molar-refractivity contribution is 6.42. The minimum absolute atomic E-state index is 0.227. The summed E-state index contributed by atoms with van der Waals surface area (Å²) in [5, 5.41) is 9.43. The first-order valence-electron chi connectivity index (χ1n) is 8.48. The van der Waals surface area contributed by atoms with E-state index < -0.39 is 11.8 Å². The lowest BCUT2D eigenvalue weighted by molar-refractivity contribution is -0.139. The van der Waals surface area contributed by atoms with Crippen molar-refractivity contribution in [2.24, 2.45) is 5.10 Å². The number of benzene rings is 2. The molecule has 0 heterocycles. The highest BCUT2D eigenvalue weighted by Gasteiger charge is 2.10. The molecule has 0 saturated heterocycles. The number of rotatable bonds is 7. The predicted octanol–water partition coefficient (Wildman–Crippen LogP) is 2.60. The van der Waals surface area contributed by atoms with Crippen molar-refractivity contribution in [2.75, 3.05) is 18.5 Å². The van der Waals surface area contributed by atoms with Gasteiger partial charge in [0.2, 0.25) is 0 Å². The number of likely N-dealkylation sites (N-methyl/N-ethyl adjacent to an activating group) is 1. The van der Waals surface area contributed by atoms with Gasteiger partial charge in [0.15, 0.2) is 6.61 Å². The maximum atomic E-state index is 12.0. The molecule has 2 aromatic rings. The fraction of sp³-hybridized carbons (Fsp3) is 0.158. The van der Waals surface area contributed by atoms with Gasteiger partial charge in [-0.25, -0.2) is 5.43 Å². The summed E-state index contributed by atoms with van der Waals surface area (Å²) in [7, 11) is 0. The van der Waals surface area contributed by atoms with Crippen molar-refractivity contribution in [1.29, 1.82) is 0 Å². The molecule has 0 atom stereocenters. The zero-order valence-electron chi connectivity index (χ0n) is 15.4. The number of hydrogen-bond acceptors (Lipinski definition) is 5. The zero-order valence-corrected chi connectivity index (χ0v) is 16.9. The van der Waals surface area contributed by atoms with Crippen molar-refractivity contribution in [2.45, 2.75) is 6.92 Å². The van der Waals surface area contributed by atoms with Gasteiger partial charge >= 0.3 is 11.8 Å². The van der Waals surface area contributed by atoms with Crippen LogP contribution < -0.4 is 20.8 Å². The maximum Gasteiger partial charge on any atom is 0.329 e. The van der Waals surface area contributed by atoms with Crippen LogP contribution in [0.1, 0.15) is 12.5 Å². The first-order chi connectivity index (χ1) is 13.9. The fourth-order valence-electron chi connectivity index (χ4n) is 2.06. The Morgan fingerprint density at radius 1 is 1.07 bits per heavy atom. The van der Waals surface area contributed by atoms with Gasteiger partial charge in [0.1, 0.15) is 5.75 Å². The van der Waals surface area contributed by atoms with Crippen LogP contribution >= 0.6 is 23.2 Å². The summed E-state index contributed by atoms with van der Waals surface area (Å²) in [5.41, 5.74) is 3.21. The molecule has 29 heavy (non-hydrogen) atoms. The molecule has 2 rings (SSSR count). The summed E-state index contributed by atoms with van der Waals surface area (Å²) in [6.07, 6.45) is 1.35. The van der Waals surface area contributed by atoms with E-state index in [1.165, 1.54) is 12.3 Å². The molecule has 0 aliphatic heterocycles. The standard InChI is InChI=1S/C19H18Cl2N4O4/c1-2-22-18(27)19(28)25-23-10-12-4-3-5-14(8-12)29-11-17(26)24-13-6-7-15(20)16(21)9-13/h3-10H,2,11H2,1H3,(H,22,27)(H,24,26)(H,25,28)/b23-10-. The second-order valence-electron chi connectivity index (χ2n) is 5.60. The molecule has 0 radical (unpaired) electrons. The molecule has 3 N–H and O–H groups in total. The van der Waals surface area contributed by atoms with E-state index in [0.29, 0.717) is 33.6 Å². The summed E-state index contributed by atoms with van der Waals surface area (Å²) in [6.45, 7) is 1.81. The number of hydrazone groups is 1. The van der Waals surface area contributed by atoms with Crippen molar-refractivity contribution in [3.63, 3.8) is 0 Å². The van der Waals surface area contributed by atoms with Crippen molar-refractivity contribution in [3.05, 3.63) is 58.1 Å². The number of carbonyl (C=O) groups is 3. The number of nitrogens with one attached hydrogen (secondary N) is 3. The van der Waals surface area contributed by atoms with E-state index in [2.05, 4.69) is 21.2 Å². The lowest BCUT2D eigenvalue weighted by Gasteiger charge is -2.08. The van der Waals surface area contributed by atoms with Gasteiger partial charge in [0.25, 0.3) is 5.91 Å². The first kappa shape index (κ1) is 22.2.